The van der Waals surface area contributed by atoms with Crippen molar-refractivity contribution in [2.75, 3.05) is 6.61 Å². The third kappa shape index (κ3) is 1.83. The second kappa shape index (κ2) is 5.60. The zero-order valence-electron chi connectivity index (χ0n) is 18.4. The van der Waals surface area contributed by atoms with Crippen molar-refractivity contribution < 1.29 is 34.4 Å². The summed E-state index contributed by atoms with van der Waals surface area (Å²) in [6.45, 7) is 6.86. The summed E-state index contributed by atoms with van der Waals surface area (Å²) in [7, 11) is 0. The summed E-state index contributed by atoms with van der Waals surface area (Å²) in [5.41, 5.74) is -5.44. The van der Waals surface area contributed by atoms with Gasteiger partial charge in [-0.2, -0.15) is 0 Å². The molecule has 0 amide bonds. The highest BCUT2D eigenvalue weighted by molar-refractivity contribution is 6.04. The number of rotatable bonds is 2. The number of alkyl halides is 1. The molecule has 6 nitrogen and oxygen atoms in total. The average Bonchev–Trinajstić information content (AvgIpc) is 3.05. The monoisotopic (exact) mass is 434 g/mol. The molecule has 4 N–H and O–H groups in total. The maximum absolute atomic E-state index is 17.2. The molecular formula is C24H31FO6. The van der Waals surface area contributed by atoms with Gasteiger partial charge in [-0.25, -0.2) is 4.39 Å². The van der Waals surface area contributed by atoms with Crippen molar-refractivity contribution in [1.29, 1.82) is 0 Å². The fraction of sp³-hybridized carbons (Fsp3) is 0.750. The molecular weight excluding hydrogens is 403 g/mol. The molecule has 170 valence electrons. The van der Waals surface area contributed by atoms with Gasteiger partial charge in [-0.05, 0) is 66.9 Å². The minimum atomic E-state index is -2.29. The molecule has 0 heterocycles. The van der Waals surface area contributed by atoms with Gasteiger partial charge in [-0.3, -0.25) is 9.59 Å². The summed E-state index contributed by atoms with van der Waals surface area (Å²) in [6, 6.07) is 0. The van der Waals surface area contributed by atoms with Crippen molar-refractivity contribution in [3.8, 4) is 0 Å². The normalized spacial score (nSPS) is 52.0. The topological polar surface area (TPSA) is 115 Å². The lowest BCUT2D eigenvalue weighted by atomic mass is 9.43. The zero-order valence-corrected chi connectivity index (χ0v) is 18.4. The van der Waals surface area contributed by atoms with Crippen LogP contribution in [0.4, 0.5) is 4.39 Å². The van der Waals surface area contributed by atoms with E-state index >= 15 is 4.39 Å². The first kappa shape index (κ1) is 21.1. The Kier molecular flexibility index (Phi) is 3.82. The molecule has 0 radical (unpaired) electrons. The number of carbonyl (C=O) groups excluding carboxylic acids is 2. The number of aliphatic hydroxyl groups excluding tert-OH is 4. The molecule has 0 aromatic rings. The van der Waals surface area contributed by atoms with Crippen LogP contribution < -0.4 is 0 Å². The van der Waals surface area contributed by atoms with Gasteiger partial charge in [0.2, 0.25) is 11.5 Å². The molecule has 7 heteroatoms. The molecule has 0 saturated heterocycles. The van der Waals surface area contributed by atoms with Crippen LogP contribution in [0.3, 0.4) is 0 Å². The minimum Gasteiger partial charge on any atom is -0.507 e. The molecule has 4 saturated carbocycles. The SMILES string of the molecule is CC1(C)C2C[C@H]3[C@@H]4CCC5=CC(=O)C(O)=C(O)[C@]5(C)C4(F)C(O)C[C@]3(C)[C@@]21C(=O)CO. The molecule has 0 spiro atoms. The Morgan fingerprint density at radius 3 is 2.45 bits per heavy atom. The van der Waals surface area contributed by atoms with Crippen LogP contribution in [0.2, 0.25) is 0 Å². The summed E-state index contributed by atoms with van der Waals surface area (Å²) >= 11 is 0. The maximum atomic E-state index is 17.2. The van der Waals surface area contributed by atoms with Crippen LogP contribution in [-0.4, -0.2) is 50.4 Å². The van der Waals surface area contributed by atoms with Crippen molar-refractivity contribution >= 4 is 11.6 Å². The average molecular weight is 435 g/mol. The Balaban J connectivity index is 1.66. The van der Waals surface area contributed by atoms with Gasteiger partial charge in [0.05, 0.1) is 11.5 Å². The number of Topliss-reactive ketones (excluding diaryl/α,β-unsaturated/α-hetero) is 1. The van der Waals surface area contributed by atoms with E-state index in [0.29, 0.717) is 24.8 Å². The van der Waals surface area contributed by atoms with Gasteiger partial charge in [0, 0.05) is 11.3 Å². The van der Waals surface area contributed by atoms with Gasteiger partial charge < -0.3 is 20.4 Å². The predicted octanol–water partition coefficient (Wildman–Crippen LogP) is 2.94. The summed E-state index contributed by atoms with van der Waals surface area (Å²) in [4.78, 5) is 25.1. The molecule has 3 unspecified atom stereocenters. The van der Waals surface area contributed by atoms with E-state index in [-0.39, 0.29) is 29.5 Å². The summed E-state index contributed by atoms with van der Waals surface area (Å²) in [5, 5.41) is 42.1. The number of aliphatic hydroxyl groups is 4. The number of halogens is 1. The quantitative estimate of drug-likeness (QED) is 0.531. The first-order valence-electron chi connectivity index (χ1n) is 11.2. The van der Waals surface area contributed by atoms with Crippen molar-refractivity contribution in [3.05, 3.63) is 23.2 Å². The van der Waals surface area contributed by atoms with Crippen LogP contribution in [-0.2, 0) is 9.59 Å². The van der Waals surface area contributed by atoms with Crippen LogP contribution in [0.1, 0.15) is 53.4 Å². The molecule has 4 fully saturated rings. The Morgan fingerprint density at radius 1 is 1.19 bits per heavy atom. The van der Waals surface area contributed by atoms with Gasteiger partial charge in [0.25, 0.3) is 0 Å². The van der Waals surface area contributed by atoms with E-state index in [1.807, 2.05) is 20.8 Å². The standard InChI is InChI=1S/C24H31FO6/c1-20(2)15-8-13-12-6-5-11-7-14(27)18(30)19(31)22(11,4)24(12,25)16(28)9-21(13,3)23(15,20)17(29)10-26/h7,12-13,15-16,26,28,30-31H,5-6,8-10H2,1-4H3/t12-,13-,15?,16?,21-,22+,23+,24?/m0/s1. The second-order valence-electron chi connectivity index (χ2n) is 11.4. The summed E-state index contributed by atoms with van der Waals surface area (Å²) < 4.78 is 17.2. The van der Waals surface area contributed by atoms with Crippen LogP contribution in [0.5, 0.6) is 0 Å². The third-order valence-corrected chi connectivity index (χ3v) is 10.6. The highest BCUT2D eigenvalue weighted by Gasteiger charge is 2.89. The van der Waals surface area contributed by atoms with E-state index in [2.05, 4.69) is 0 Å². The molecule has 0 aromatic heterocycles. The van der Waals surface area contributed by atoms with Crippen molar-refractivity contribution in [1.82, 2.24) is 0 Å². The Morgan fingerprint density at radius 2 is 1.84 bits per heavy atom. The van der Waals surface area contributed by atoms with Crippen LogP contribution in [0.15, 0.2) is 23.2 Å². The fourth-order valence-electron chi connectivity index (χ4n) is 9.34. The molecule has 0 bridgehead atoms. The largest absolute Gasteiger partial charge is 0.507 e. The predicted molar refractivity (Wildman–Crippen MR) is 109 cm³/mol. The van der Waals surface area contributed by atoms with E-state index in [0.717, 1.165) is 0 Å². The molecule has 0 aromatic carbocycles. The molecule has 5 rings (SSSR count). The smallest absolute Gasteiger partial charge is 0.223 e. The van der Waals surface area contributed by atoms with Crippen molar-refractivity contribution in [2.24, 2.45) is 39.4 Å². The van der Waals surface area contributed by atoms with E-state index < -0.39 is 57.8 Å². The first-order chi connectivity index (χ1) is 14.3. The molecule has 31 heavy (non-hydrogen) atoms. The third-order valence-electron chi connectivity index (χ3n) is 10.6. The van der Waals surface area contributed by atoms with Gasteiger partial charge in [0.1, 0.15) is 6.61 Å². The van der Waals surface area contributed by atoms with Crippen LogP contribution >= 0.6 is 0 Å². The number of carbonyl (C=O) groups is 2. The number of fused-ring (bicyclic) bond motifs is 7. The fourth-order valence-corrected chi connectivity index (χ4v) is 9.34. The van der Waals surface area contributed by atoms with Crippen molar-refractivity contribution in [3.63, 3.8) is 0 Å². The molecule has 8 atom stereocenters. The van der Waals surface area contributed by atoms with Gasteiger partial charge in [-0.1, -0.05) is 20.8 Å². The van der Waals surface area contributed by atoms with Crippen LogP contribution in [0, 0.1) is 39.4 Å². The summed E-state index contributed by atoms with van der Waals surface area (Å²) in [6.07, 6.45) is 1.06. The van der Waals surface area contributed by atoms with E-state index in [9.17, 15) is 30.0 Å². The highest BCUT2D eigenvalue weighted by Crippen LogP contribution is 2.88. The van der Waals surface area contributed by atoms with Crippen LogP contribution in [0.25, 0.3) is 0 Å². The lowest BCUT2D eigenvalue weighted by Crippen LogP contribution is -2.69. The Labute approximate surface area is 180 Å². The van der Waals surface area contributed by atoms with Gasteiger partial charge in [0.15, 0.2) is 17.2 Å². The van der Waals surface area contributed by atoms with Gasteiger partial charge in [-0.15, -0.1) is 0 Å². The highest BCUT2D eigenvalue weighted by atomic mass is 19.1. The minimum absolute atomic E-state index is 0.000537. The molecule has 5 aliphatic carbocycles. The van der Waals surface area contributed by atoms with Gasteiger partial charge >= 0.3 is 0 Å². The summed E-state index contributed by atoms with van der Waals surface area (Å²) in [5.74, 6) is -3.45. The van der Waals surface area contributed by atoms with E-state index in [1.165, 1.54) is 13.0 Å². The van der Waals surface area contributed by atoms with E-state index in [4.69, 9.17) is 0 Å². The lowest BCUT2D eigenvalue weighted by Gasteiger charge is -2.63. The second-order valence-corrected chi connectivity index (χ2v) is 11.4. The molecule has 5 aliphatic rings. The number of ketones is 2. The lowest BCUT2D eigenvalue weighted by molar-refractivity contribution is -0.214. The number of hydrogen-bond donors (Lipinski definition) is 4. The molecule has 0 aliphatic heterocycles. The van der Waals surface area contributed by atoms with Crippen molar-refractivity contribution in [2.45, 2.75) is 65.2 Å². The zero-order chi connectivity index (χ0) is 22.9. The maximum Gasteiger partial charge on any atom is 0.223 e. The van der Waals surface area contributed by atoms with E-state index in [1.54, 1.807) is 0 Å². The number of allylic oxidation sites excluding steroid dienone is 2. The Bertz CT molecular complexity index is 983. The Hall–Kier alpha value is -1.73. The first-order valence-corrected chi connectivity index (χ1v) is 11.2. The number of hydrogen-bond acceptors (Lipinski definition) is 6.